The summed E-state index contributed by atoms with van der Waals surface area (Å²) in [4.78, 5) is 23.0. The minimum absolute atomic E-state index is 0.0344. The van der Waals surface area contributed by atoms with Gasteiger partial charge in [-0.05, 0) is 30.5 Å². The normalized spacial score (nSPS) is 14.2. The van der Waals surface area contributed by atoms with E-state index in [-0.39, 0.29) is 5.91 Å². The fourth-order valence-electron chi connectivity index (χ4n) is 2.85. The quantitative estimate of drug-likeness (QED) is 0.554. The average Bonchev–Trinajstić information content (AvgIpc) is 2.73. The Morgan fingerprint density at radius 2 is 2.00 bits per heavy atom. The van der Waals surface area contributed by atoms with Crippen LogP contribution in [0, 0.1) is 0 Å². The minimum Gasteiger partial charge on any atom is -0.378 e. The molecular weight excluding hydrogens is 360 g/mol. The molecular formula is C20H26N4O2S. The van der Waals surface area contributed by atoms with Crippen LogP contribution in [0.2, 0.25) is 0 Å². The molecule has 1 amide bonds. The third kappa shape index (κ3) is 6.22. The summed E-state index contributed by atoms with van der Waals surface area (Å²) in [6, 6.07) is 10.0. The molecule has 0 spiro atoms. The van der Waals surface area contributed by atoms with Gasteiger partial charge in [-0.1, -0.05) is 37.2 Å². The number of unbranched alkanes of at least 4 members (excludes halogenated alkanes) is 1. The zero-order valence-corrected chi connectivity index (χ0v) is 16.5. The summed E-state index contributed by atoms with van der Waals surface area (Å²) in [7, 11) is 0. The molecule has 1 fully saturated rings. The van der Waals surface area contributed by atoms with Crippen LogP contribution in [0.1, 0.15) is 25.3 Å². The number of hydrogen-bond donors (Lipinski definition) is 1. The second kappa shape index (κ2) is 10.3. The Labute approximate surface area is 164 Å². The van der Waals surface area contributed by atoms with E-state index in [1.165, 1.54) is 30.2 Å². The SMILES string of the molecule is CCCCc1ccc(NC(=O)CSc2cc(N3CCOCC3)ncn2)cc1. The molecule has 6 nitrogen and oxygen atoms in total. The van der Waals surface area contributed by atoms with Crippen LogP contribution in [0.5, 0.6) is 0 Å². The average molecular weight is 387 g/mol. The van der Waals surface area contributed by atoms with E-state index in [0.717, 1.165) is 36.0 Å². The molecule has 1 saturated heterocycles. The number of thioether (sulfide) groups is 1. The number of carbonyl (C=O) groups is 1. The lowest BCUT2D eigenvalue weighted by Crippen LogP contribution is -2.36. The Morgan fingerprint density at radius 1 is 1.22 bits per heavy atom. The van der Waals surface area contributed by atoms with Gasteiger partial charge in [0.15, 0.2) is 0 Å². The number of carbonyl (C=O) groups excluding carboxylic acids is 1. The number of nitrogens with zero attached hydrogens (tertiary/aromatic N) is 3. The highest BCUT2D eigenvalue weighted by atomic mass is 32.2. The topological polar surface area (TPSA) is 67.4 Å². The van der Waals surface area contributed by atoms with Crippen LogP contribution in [0.4, 0.5) is 11.5 Å². The smallest absolute Gasteiger partial charge is 0.234 e. The highest BCUT2D eigenvalue weighted by Crippen LogP contribution is 2.21. The van der Waals surface area contributed by atoms with Gasteiger partial charge >= 0.3 is 0 Å². The van der Waals surface area contributed by atoms with Crippen molar-refractivity contribution in [2.24, 2.45) is 0 Å². The van der Waals surface area contributed by atoms with Crippen LogP contribution in [-0.4, -0.2) is 47.9 Å². The van der Waals surface area contributed by atoms with Gasteiger partial charge in [-0.15, -0.1) is 0 Å². The van der Waals surface area contributed by atoms with Gasteiger partial charge in [-0.2, -0.15) is 0 Å². The van der Waals surface area contributed by atoms with Crippen molar-refractivity contribution in [3.8, 4) is 0 Å². The lowest BCUT2D eigenvalue weighted by atomic mass is 10.1. The van der Waals surface area contributed by atoms with E-state index in [1.54, 1.807) is 6.33 Å². The van der Waals surface area contributed by atoms with Gasteiger partial charge in [0.1, 0.15) is 17.2 Å². The summed E-state index contributed by atoms with van der Waals surface area (Å²) < 4.78 is 5.37. The number of hydrogen-bond acceptors (Lipinski definition) is 6. The third-order valence-corrected chi connectivity index (χ3v) is 5.30. The molecule has 144 valence electrons. The van der Waals surface area contributed by atoms with Crippen molar-refractivity contribution in [1.29, 1.82) is 0 Å². The minimum atomic E-state index is -0.0344. The highest BCUT2D eigenvalue weighted by Gasteiger charge is 2.13. The predicted molar refractivity (Wildman–Crippen MR) is 109 cm³/mol. The lowest BCUT2D eigenvalue weighted by molar-refractivity contribution is -0.113. The van der Waals surface area contributed by atoms with Crippen molar-refractivity contribution in [3.05, 3.63) is 42.2 Å². The molecule has 0 unspecified atom stereocenters. The lowest BCUT2D eigenvalue weighted by Gasteiger charge is -2.27. The number of amides is 1. The summed E-state index contributed by atoms with van der Waals surface area (Å²) in [6.45, 7) is 5.28. The first-order valence-corrected chi connectivity index (χ1v) is 10.4. The Balaban J connectivity index is 1.48. The molecule has 1 aromatic heterocycles. The van der Waals surface area contributed by atoms with Crippen molar-refractivity contribution in [2.45, 2.75) is 31.2 Å². The second-order valence-electron chi connectivity index (χ2n) is 6.45. The van der Waals surface area contributed by atoms with E-state index in [1.807, 2.05) is 18.2 Å². The van der Waals surface area contributed by atoms with Crippen molar-refractivity contribution in [2.75, 3.05) is 42.3 Å². The maximum absolute atomic E-state index is 12.2. The van der Waals surface area contributed by atoms with Gasteiger partial charge in [-0.25, -0.2) is 9.97 Å². The molecule has 0 radical (unpaired) electrons. The number of anilines is 2. The maximum Gasteiger partial charge on any atom is 0.234 e. The first kappa shape index (κ1) is 19.6. The summed E-state index contributed by atoms with van der Waals surface area (Å²) >= 11 is 1.42. The van der Waals surface area contributed by atoms with Crippen LogP contribution in [0.25, 0.3) is 0 Å². The van der Waals surface area contributed by atoms with Gasteiger partial charge in [0.05, 0.1) is 19.0 Å². The number of morpholine rings is 1. The fourth-order valence-corrected chi connectivity index (χ4v) is 3.51. The molecule has 0 saturated carbocycles. The Kier molecular flexibility index (Phi) is 7.47. The van der Waals surface area contributed by atoms with E-state index in [9.17, 15) is 4.79 Å². The van der Waals surface area contributed by atoms with Gasteiger partial charge in [-0.3, -0.25) is 4.79 Å². The molecule has 1 aliphatic rings. The first-order chi connectivity index (χ1) is 13.2. The second-order valence-corrected chi connectivity index (χ2v) is 7.45. The molecule has 1 aromatic carbocycles. The van der Waals surface area contributed by atoms with E-state index in [2.05, 4.69) is 39.2 Å². The number of aryl methyl sites for hydroxylation is 1. The largest absolute Gasteiger partial charge is 0.378 e. The molecule has 0 atom stereocenters. The van der Waals surface area contributed by atoms with Crippen LogP contribution in [-0.2, 0) is 16.0 Å². The first-order valence-electron chi connectivity index (χ1n) is 9.41. The van der Waals surface area contributed by atoms with Crippen LogP contribution in [0.15, 0.2) is 41.7 Å². The van der Waals surface area contributed by atoms with Gasteiger partial charge < -0.3 is 15.0 Å². The number of nitrogens with one attached hydrogen (secondary N) is 1. The van der Waals surface area contributed by atoms with E-state index in [4.69, 9.17) is 4.74 Å². The molecule has 2 heterocycles. The van der Waals surface area contributed by atoms with Crippen molar-refractivity contribution in [3.63, 3.8) is 0 Å². The summed E-state index contributed by atoms with van der Waals surface area (Å²) in [5, 5.41) is 3.75. The fraction of sp³-hybridized carbons (Fsp3) is 0.450. The Morgan fingerprint density at radius 3 is 2.74 bits per heavy atom. The zero-order valence-electron chi connectivity index (χ0n) is 15.7. The van der Waals surface area contributed by atoms with E-state index in [0.29, 0.717) is 19.0 Å². The molecule has 1 aliphatic heterocycles. The molecule has 1 N–H and O–H groups in total. The maximum atomic E-state index is 12.2. The Bertz CT molecular complexity index is 733. The summed E-state index contributed by atoms with van der Waals surface area (Å²) in [5.74, 6) is 1.17. The number of rotatable bonds is 8. The van der Waals surface area contributed by atoms with Gasteiger partial charge in [0.2, 0.25) is 5.91 Å². The molecule has 3 rings (SSSR count). The number of aromatic nitrogens is 2. The predicted octanol–water partition coefficient (Wildman–Crippen LogP) is 3.39. The van der Waals surface area contributed by atoms with E-state index < -0.39 is 0 Å². The van der Waals surface area contributed by atoms with Crippen LogP contribution < -0.4 is 10.2 Å². The summed E-state index contributed by atoms with van der Waals surface area (Å²) in [6.07, 6.45) is 5.01. The molecule has 0 aliphatic carbocycles. The van der Waals surface area contributed by atoms with Crippen molar-refractivity contribution in [1.82, 2.24) is 9.97 Å². The third-order valence-electron chi connectivity index (χ3n) is 4.37. The molecule has 2 aromatic rings. The monoisotopic (exact) mass is 386 g/mol. The standard InChI is InChI=1S/C20H26N4O2S/c1-2-3-4-16-5-7-17(8-6-16)23-19(25)14-27-20-13-18(21-15-22-20)24-9-11-26-12-10-24/h5-8,13,15H,2-4,9-12,14H2,1H3,(H,23,25). The van der Waals surface area contributed by atoms with Crippen molar-refractivity contribution < 1.29 is 9.53 Å². The Hall–Kier alpha value is -2.12. The van der Waals surface area contributed by atoms with Crippen LogP contribution in [0.3, 0.4) is 0 Å². The van der Waals surface area contributed by atoms with Gasteiger partial charge in [0, 0.05) is 24.8 Å². The van der Waals surface area contributed by atoms with Crippen molar-refractivity contribution >= 4 is 29.2 Å². The molecule has 7 heteroatoms. The van der Waals surface area contributed by atoms with Crippen LogP contribution >= 0.6 is 11.8 Å². The molecule has 0 bridgehead atoms. The zero-order chi connectivity index (χ0) is 18.9. The van der Waals surface area contributed by atoms with Gasteiger partial charge in [0.25, 0.3) is 0 Å². The molecule has 27 heavy (non-hydrogen) atoms. The van der Waals surface area contributed by atoms with E-state index >= 15 is 0 Å². The highest BCUT2D eigenvalue weighted by molar-refractivity contribution is 7.99. The number of ether oxygens (including phenoxy) is 1. The number of benzene rings is 1. The summed E-state index contributed by atoms with van der Waals surface area (Å²) in [5.41, 5.74) is 2.14.